The summed E-state index contributed by atoms with van der Waals surface area (Å²) >= 11 is 2.39. The molecule has 1 saturated carbocycles. The van der Waals surface area contributed by atoms with Gasteiger partial charge in [0.25, 0.3) is 0 Å². The molecule has 0 saturated heterocycles. The van der Waals surface area contributed by atoms with Gasteiger partial charge in [-0.3, -0.25) is 0 Å². The van der Waals surface area contributed by atoms with Crippen LogP contribution in [0, 0.1) is 17.3 Å². The van der Waals surface area contributed by atoms with Gasteiger partial charge in [0.1, 0.15) is 0 Å². The first kappa shape index (κ1) is 12.8. The van der Waals surface area contributed by atoms with Crippen LogP contribution in [0.2, 0.25) is 0 Å². The maximum atomic E-state index is 5.92. The van der Waals surface area contributed by atoms with Crippen molar-refractivity contribution in [3.8, 4) is 0 Å². The van der Waals surface area contributed by atoms with Gasteiger partial charge >= 0.3 is 0 Å². The Hall–Kier alpha value is 0.690. The van der Waals surface area contributed by atoms with Gasteiger partial charge in [-0.15, -0.1) is 0 Å². The van der Waals surface area contributed by atoms with Crippen molar-refractivity contribution >= 4 is 22.6 Å². The molecule has 0 heterocycles. The molecule has 0 amide bonds. The van der Waals surface area contributed by atoms with Crippen LogP contribution in [0.4, 0.5) is 0 Å². The summed E-state index contributed by atoms with van der Waals surface area (Å²) in [6, 6.07) is 0. The van der Waals surface area contributed by atoms with Crippen LogP contribution < -0.4 is 0 Å². The lowest BCUT2D eigenvalue weighted by molar-refractivity contribution is -0.00706. The molecule has 0 aromatic heterocycles. The molecule has 1 aliphatic rings. The number of alkyl halides is 1. The normalized spacial score (nSPS) is 27.9. The molecule has 0 aromatic rings. The van der Waals surface area contributed by atoms with Crippen molar-refractivity contribution in [2.45, 2.75) is 46.6 Å². The Bertz CT molecular complexity index is 193. The minimum Gasteiger partial charge on any atom is -0.374 e. The summed E-state index contributed by atoms with van der Waals surface area (Å²) in [6.45, 7) is 12.3. The van der Waals surface area contributed by atoms with Crippen LogP contribution in [-0.4, -0.2) is 16.6 Å². The van der Waals surface area contributed by atoms with Crippen molar-refractivity contribution < 1.29 is 4.74 Å². The maximum Gasteiger partial charge on any atom is 0.0715 e. The molecular weight excluding hydrogens is 287 g/mol. The van der Waals surface area contributed by atoms with E-state index >= 15 is 0 Å². The molecule has 2 atom stereocenters. The van der Waals surface area contributed by atoms with E-state index in [4.69, 9.17) is 4.74 Å². The molecule has 0 radical (unpaired) electrons. The van der Waals surface area contributed by atoms with Gasteiger partial charge in [-0.1, -0.05) is 43.4 Å². The summed E-state index contributed by atoms with van der Waals surface area (Å²) in [5.74, 6) is 1.70. The van der Waals surface area contributed by atoms with E-state index in [-0.39, 0.29) is 5.60 Å². The van der Waals surface area contributed by atoms with E-state index in [1.807, 2.05) is 0 Å². The smallest absolute Gasteiger partial charge is 0.0715 e. The van der Waals surface area contributed by atoms with Crippen LogP contribution in [0.5, 0.6) is 0 Å². The average Bonchev–Trinajstić information content (AvgIpc) is 2.79. The highest BCUT2D eigenvalue weighted by Gasteiger charge is 2.45. The number of halogens is 1. The Morgan fingerprint density at radius 2 is 1.79 bits per heavy atom. The minimum atomic E-state index is 0.0611. The molecule has 1 aliphatic carbocycles. The third kappa shape index (κ3) is 3.69. The Kier molecular flexibility index (Phi) is 3.90. The van der Waals surface area contributed by atoms with Crippen LogP contribution in [0.15, 0.2) is 0 Å². The zero-order chi connectivity index (χ0) is 11.0. The van der Waals surface area contributed by atoms with E-state index in [0.29, 0.717) is 5.41 Å². The predicted molar refractivity (Wildman–Crippen MR) is 70.0 cm³/mol. The molecule has 0 spiro atoms. The fourth-order valence-electron chi connectivity index (χ4n) is 1.86. The van der Waals surface area contributed by atoms with Gasteiger partial charge in [-0.05, 0) is 37.5 Å². The molecule has 0 N–H and O–H groups in total. The summed E-state index contributed by atoms with van der Waals surface area (Å²) < 4.78 is 6.99. The van der Waals surface area contributed by atoms with E-state index < -0.39 is 0 Å². The molecule has 0 aliphatic heterocycles. The van der Waals surface area contributed by atoms with Gasteiger partial charge < -0.3 is 4.74 Å². The number of ether oxygens (including phenoxy) is 1. The van der Waals surface area contributed by atoms with E-state index in [1.54, 1.807) is 0 Å². The first-order valence-electron chi connectivity index (χ1n) is 5.46. The van der Waals surface area contributed by atoms with Crippen LogP contribution in [-0.2, 0) is 4.74 Å². The van der Waals surface area contributed by atoms with Crippen LogP contribution in [0.1, 0.15) is 41.0 Å². The third-order valence-electron chi connectivity index (χ3n) is 3.04. The van der Waals surface area contributed by atoms with Gasteiger partial charge in [0.15, 0.2) is 0 Å². The lowest BCUT2D eigenvalue weighted by atomic mass is 9.89. The van der Waals surface area contributed by atoms with Crippen LogP contribution in [0.25, 0.3) is 0 Å². The van der Waals surface area contributed by atoms with E-state index in [2.05, 4.69) is 57.2 Å². The predicted octanol–water partition coefficient (Wildman–Crippen LogP) is 3.90. The van der Waals surface area contributed by atoms with E-state index in [1.165, 1.54) is 6.42 Å². The second-order valence-electron chi connectivity index (χ2n) is 6.17. The number of hydrogen-bond donors (Lipinski definition) is 0. The zero-order valence-corrected chi connectivity index (χ0v) is 12.2. The Balaban J connectivity index is 2.24. The Morgan fingerprint density at radius 1 is 1.21 bits per heavy atom. The van der Waals surface area contributed by atoms with Crippen LogP contribution >= 0.6 is 22.6 Å². The summed E-state index contributed by atoms with van der Waals surface area (Å²) in [4.78, 5) is 0. The highest BCUT2D eigenvalue weighted by Crippen LogP contribution is 2.50. The zero-order valence-electron chi connectivity index (χ0n) is 10.1. The molecule has 0 bridgehead atoms. The average molecular weight is 310 g/mol. The molecule has 1 nitrogen and oxygen atoms in total. The second kappa shape index (κ2) is 4.28. The second-order valence-corrected chi connectivity index (χ2v) is 6.94. The van der Waals surface area contributed by atoms with Gasteiger partial charge in [-0.2, -0.15) is 0 Å². The maximum absolute atomic E-state index is 5.92. The summed E-state index contributed by atoms with van der Waals surface area (Å²) in [7, 11) is 0. The molecule has 2 heteroatoms. The lowest BCUT2D eigenvalue weighted by Crippen LogP contribution is -2.27. The Labute approximate surface area is 102 Å². The van der Waals surface area contributed by atoms with Crippen molar-refractivity contribution in [3.05, 3.63) is 0 Å². The summed E-state index contributed by atoms with van der Waals surface area (Å²) in [6.07, 6.45) is 1.36. The number of rotatable bonds is 4. The van der Waals surface area contributed by atoms with Crippen LogP contribution in [0.3, 0.4) is 0 Å². The van der Waals surface area contributed by atoms with Crippen molar-refractivity contribution in [2.24, 2.45) is 17.3 Å². The van der Waals surface area contributed by atoms with E-state index in [9.17, 15) is 0 Å². The standard InChI is InChI=1S/C12H23IO/c1-11(2,3)10-6-9(10)7-14-12(4,5)8-13/h9-10H,6-8H2,1-5H3. The fraction of sp³-hybridized carbons (Fsp3) is 1.00. The summed E-state index contributed by atoms with van der Waals surface area (Å²) in [5.41, 5.74) is 0.536. The SMILES string of the molecule is CC(C)(CI)OCC1CC1C(C)(C)C. The monoisotopic (exact) mass is 310 g/mol. The molecule has 2 unspecified atom stereocenters. The topological polar surface area (TPSA) is 9.23 Å². The first-order valence-corrected chi connectivity index (χ1v) is 6.99. The fourth-order valence-corrected chi connectivity index (χ4v) is 2.08. The van der Waals surface area contributed by atoms with Crippen molar-refractivity contribution in [1.29, 1.82) is 0 Å². The minimum absolute atomic E-state index is 0.0611. The summed E-state index contributed by atoms with van der Waals surface area (Å²) in [5, 5.41) is 0. The molecule has 14 heavy (non-hydrogen) atoms. The van der Waals surface area contributed by atoms with Crippen molar-refractivity contribution in [1.82, 2.24) is 0 Å². The highest BCUT2D eigenvalue weighted by molar-refractivity contribution is 14.1. The molecule has 0 aromatic carbocycles. The largest absolute Gasteiger partial charge is 0.374 e. The molecule has 84 valence electrons. The van der Waals surface area contributed by atoms with E-state index in [0.717, 1.165) is 22.9 Å². The lowest BCUT2D eigenvalue weighted by Gasteiger charge is -2.24. The van der Waals surface area contributed by atoms with Crippen molar-refractivity contribution in [3.63, 3.8) is 0 Å². The van der Waals surface area contributed by atoms with Gasteiger partial charge in [-0.25, -0.2) is 0 Å². The Morgan fingerprint density at radius 3 is 2.14 bits per heavy atom. The van der Waals surface area contributed by atoms with Gasteiger partial charge in [0, 0.05) is 4.43 Å². The third-order valence-corrected chi connectivity index (χ3v) is 4.88. The first-order chi connectivity index (χ1) is 6.26. The van der Waals surface area contributed by atoms with Gasteiger partial charge in [0.05, 0.1) is 12.2 Å². The molecule has 1 fully saturated rings. The quantitative estimate of drug-likeness (QED) is 0.565. The molecular formula is C12H23IO. The highest BCUT2D eigenvalue weighted by atomic mass is 127. The van der Waals surface area contributed by atoms with Gasteiger partial charge in [0.2, 0.25) is 0 Å². The molecule has 1 rings (SSSR count). The van der Waals surface area contributed by atoms with Crippen molar-refractivity contribution in [2.75, 3.05) is 11.0 Å². The number of hydrogen-bond acceptors (Lipinski definition) is 1.